The first kappa shape index (κ1) is 19.8. The van der Waals surface area contributed by atoms with Gasteiger partial charge in [-0.1, -0.05) is 30.3 Å². The van der Waals surface area contributed by atoms with Gasteiger partial charge in [0, 0.05) is 29.8 Å². The molecule has 0 spiro atoms. The standard InChI is InChI=1S/C22H22N2O3S/c1-16-23-20(15-28-16)14-27-21-9-4-3-7-18(21)10-11-22(25)24-19-8-5-6-17(12-19)13-26-2/h3-12,15H,13-14H2,1-2H3,(H,24,25)/b11-10+. The third-order valence-electron chi connectivity index (χ3n) is 3.88. The van der Waals surface area contributed by atoms with Gasteiger partial charge in [-0.3, -0.25) is 4.79 Å². The van der Waals surface area contributed by atoms with Crippen LogP contribution in [0.5, 0.6) is 5.75 Å². The lowest BCUT2D eigenvalue weighted by Crippen LogP contribution is -2.08. The number of hydrogen-bond donors (Lipinski definition) is 1. The second kappa shape index (κ2) is 9.82. The lowest BCUT2D eigenvalue weighted by atomic mass is 10.2. The first-order valence-electron chi connectivity index (χ1n) is 8.84. The van der Waals surface area contributed by atoms with Crippen LogP contribution in [0.4, 0.5) is 5.69 Å². The molecule has 0 fully saturated rings. The van der Waals surface area contributed by atoms with Gasteiger partial charge in [0.05, 0.1) is 17.3 Å². The molecule has 0 atom stereocenters. The van der Waals surface area contributed by atoms with Crippen LogP contribution in [0.25, 0.3) is 6.08 Å². The summed E-state index contributed by atoms with van der Waals surface area (Å²) in [7, 11) is 1.64. The number of benzene rings is 2. The van der Waals surface area contributed by atoms with Crippen LogP contribution in [0.3, 0.4) is 0 Å². The van der Waals surface area contributed by atoms with Crippen molar-refractivity contribution in [3.8, 4) is 5.75 Å². The van der Waals surface area contributed by atoms with Crippen molar-refractivity contribution in [3.05, 3.63) is 81.8 Å². The molecule has 0 saturated carbocycles. The zero-order valence-corrected chi connectivity index (χ0v) is 16.7. The van der Waals surface area contributed by atoms with Gasteiger partial charge in [0.15, 0.2) is 0 Å². The Kier molecular flexibility index (Phi) is 6.94. The molecule has 3 rings (SSSR count). The number of carbonyl (C=O) groups excluding carboxylic acids is 1. The van der Waals surface area contributed by atoms with Gasteiger partial charge >= 0.3 is 0 Å². The summed E-state index contributed by atoms with van der Waals surface area (Å²) in [6, 6.07) is 15.2. The molecule has 1 amide bonds. The molecule has 1 aromatic heterocycles. The average molecular weight is 394 g/mol. The van der Waals surface area contributed by atoms with Crippen LogP contribution < -0.4 is 10.1 Å². The van der Waals surface area contributed by atoms with E-state index >= 15 is 0 Å². The number of carbonyl (C=O) groups is 1. The van der Waals surface area contributed by atoms with E-state index in [1.54, 1.807) is 24.5 Å². The molecular formula is C22H22N2O3S. The molecule has 0 saturated heterocycles. The van der Waals surface area contributed by atoms with Crippen molar-refractivity contribution in [2.45, 2.75) is 20.1 Å². The Labute approximate surface area is 168 Å². The number of aromatic nitrogens is 1. The Bertz CT molecular complexity index is 966. The number of thiazole rings is 1. The normalized spacial score (nSPS) is 10.9. The van der Waals surface area contributed by atoms with Crippen LogP contribution in [-0.2, 0) is 22.7 Å². The predicted molar refractivity (Wildman–Crippen MR) is 112 cm³/mol. The SMILES string of the molecule is COCc1cccc(NC(=O)/C=C/c2ccccc2OCc2csc(C)n2)c1. The minimum absolute atomic E-state index is 0.209. The number of para-hydroxylation sites is 1. The summed E-state index contributed by atoms with van der Waals surface area (Å²) in [6.45, 7) is 2.87. The van der Waals surface area contributed by atoms with Gasteiger partial charge in [-0.15, -0.1) is 11.3 Å². The Hall–Kier alpha value is -2.96. The summed E-state index contributed by atoms with van der Waals surface area (Å²) in [6.07, 6.45) is 3.24. The summed E-state index contributed by atoms with van der Waals surface area (Å²) >= 11 is 1.60. The average Bonchev–Trinajstić information content (AvgIpc) is 3.11. The first-order valence-corrected chi connectivity index (χ1v) is 9.72. The van der Waals surface area contributed by atoms with Crippen LogP contribution in [-0.4, -0.2) is 18.0 Å². The smallest absolute Gasteiger partial charge is 0.248 e. The molecular weight excluding hydrogens is 372 g/mol. The lowest BCUT2D eigenvalue weighted by molar-refractivity contribution is -0.111. The van der Waals surface area contributed by atoms with Crippen LogP contribution >= 0.6 is 11.3 Å². The number of nitrogens with zero attached hydrogens (tertiary/aromatic N) is 1. The number of hydrogen-bond acceptors (Lipinski definition) is 5. The highest BCUT2D eigenvalue weighted by Gasteiger charge is 2.04. The van der Waals surface area contributed by atoms with Gasteiger partial charge in [0.2, 0.25) is 5.91 Å². The van der Waals surface area contributed by atoms with E-state index in [1.807, 2.05) is 60.8 Å². The number of aryl methyl sites for hydroxylation is 1. The first-order chi connectivity index (χ1) is 13.6. The maximum atomic E-state index is 12.3. The summed E-state index contributed by atoms with van der Waals surface area (Å²) in [5.41, 5.74) is 3.46. The summed E-state index contributed by atoms with van der Waals surface area (Å²) in [5, 5.41) is 5.86. The maximum Gasteiger partial charge on any atom is 0.248 e. The van der Waals surface area contributed by atoms with Gasteiger partial charge < -0.3 is 14.8 Å². The van der Waals surface area contributed by atoms with Crippen LogP contribution in [0.15, 0.2) is 60.0 Å². The van der Waals surface area contributed by atoms with E-state index in [4.69, 9.17) is 9.47 Å². The number of ether oxygens (including phenoxy) is 2. The summed E-state index contributed by atoms with van der Waals surface area (Å²) in [5.74, 6) is 0.499. The summed E-state index contributed by atoms with van der Waals surface area (Å²) < 4.78 is 11.0. The van der Waals surface area contributed by atoms with Crippen molar-refractivity contribution < 1.29 is 14.3 Å². The van der Waals surface area contributed by atoms with Crippen molar-refractivity contribution in [1.29, 1.82) is 0 Å². The van der Waals surface area contributed by atoms with E-state index in [0.29, 0.717) is 19.0 Å². The van der Waals surface area contributed by atoms with Crippen molar-refractivity contribution in [2.75, 3.05) is 12.4 Å². The molecule has 0 aliphatic carbocycles. The zero-order valence-electron chi connectivity index (χ0n) is 15.8. The van der Waals surface area contributed by atoms with Crippen molar-refractivity contribution >= 4 is 29.0 Å². The van der Waals surface area contributed by atoms with E-state index in [9.17, 15) is 4.79 Å². The molecule has 144 valence electrons. The van der Waals surface area contributed by atoms with Crippen LogP contribution in [0.2, 0.25) is 0 Å². The Balaban J connectivity index is 1.63. The van der Waals surface area contributed by atoms with Gasteiger partial charge in [0.25, 0.3) is 0 Å². The fourth-order valence-corrected chi connectivity index (χ4v) is 3.23. The largest absolute Gasteiger partial charge is 0.487 e. The molecule has 0 aliphatic heterocycles. The van der Waals surface area contributed by atoms with E-state index in [1.165, 1.54) is 6.08 Å². The van der Waals surface area contributed by atoms with Crippen LogP contribution in [0.1, 0.15) is 21.8 Å². The molecule has 1 heterocycles. The zero-order chi connectivity index (χ0) is 19.8. The number of anilines is 1. The molecule has 0 unspecified atom stereocenters. The highest BCUT2D eigenvalue weighted by molar-refractivity contribution is 7.09. The molecule has 0 bridgehead atoms. The number of amides is 1. The topological polar surface area (TPSA) is 60.5 Å². The predicted octanol–water partition coefficient (Wildman–Crippen LogP) is 4.83. The van der Waals surface area contributed by atoms with Gasteiger partial charge in [-0.05, 0) is 36.8 Å². The van der Waals surface area contributed by atoms with Crippen molar-refractivity contribution in [2.24, 2.45) is 0 Å². The van der Waals surface area contributed by atoms with Crippen molar-refractivity contribution in [1.82, 2.24) is 4.98 Å². The highest BCUT2D eigenvalue weighted by Crippen LogP contribution is 2.21. The molecule has 1 N–H and O–H groups in total. The minimum Gasteiger partial charge on any atom is -0.487 e. The minimum atomic E-state index is -0.209. The Morgan fingerprint density at radius 3 is 2.82 bits per heavy atom. The number of nitrogens with one attached hydrogen (secondary N) is 1. The second-order valence-electron chi connectivity index (χ2n) is 6.14. The third kappa shape index (κ3) is 5.77. The molecule has 2 aromatic carbocycles. The molecule has 6 heteroatoms. The fraction of sp³-hybridized carbons (Fsp3) is 0.182. The molecule has 3 aromatic rings. The van der Waals surface area contributed by atoms with Crippen molar-refractivity contribution in [3.63, 3.8) is 0 Å². The lowest BCUT2D eigenvalue weighted by Gasteiger charge is -2.08. The number of methoxy groups -OCH3 is 1. The number of rotatable bonds is 8. The monoisotopic (exact) mass is 394 g/mol. The molecule has 0 radical (unpaired) electrons. The van der Waals surface area contributed by atoms with Crippen LogP contribution in [0, 0.1) is 6.92 Å². The third-order valence-corrected chi connectivity index (χ3v) is 4.70. The molecule has 28 heavy (non-hydrogen) atoms. The Morgan fingerprint density at radius 2 is 2.04 bits per heavy atom. The fourth-order valence-electron chi connectivity index (χ4n) is 2.63. The van der Waals surface area contributed by atoms with Gasteiger partial charge in [0.1, 0.15) is 12.4 Å². The Morgan fingerprint density at radius 1 is 1.18 bits per heavy atom. The van der Waals surface area contributed by atoms with E-state index in [2.05, 4.69) is 10.3 Å². The molecule has 0 aliphatic rings. The van der Waals surface area contributed by atoms with E-state index < -0.39 is 0 Å². The second-order valence-corrected chi connectivity index (χ2v) is 7.20. The van der Waals surface area contributed by atoms with Gasteiger partial charge in [-0.25, -0.2) is 4.98 Å². The van der Waals surface area contributed by atoms with Gasteiger partial charge in [-0.2, -0.15) is 0 Å². The summed E-state index contributed by atoms with van der Waals surface area (Å²) in [4.78, 5) is 16.7. The highest BCUT2D eigenvalue weighted by atomic mass is 32.1. The quantitative estimate of drug-likeness (QED) is 0.556. The van der Waals surface area contributed by atoms with E-state index in [-0.39, 0.29) is 5.91 Å². The maximum absolute atomic E-state index is 12.3. The molecule has 5 nitrogen and oxygen atoms in total. The van der Waals surface area contributed by atoms with E-state index in [0.717, 1.165) is 27.5 Å².